The number of ether oxygens (including phenoxy) is 1. The van der Waals surface area contributed by atoms with E-state index in [-0.39, 0.29) is 23.9 Å². The summed E-state index contributed by atoms with van der Waals surface area (Å²) in [6.45, 7) is 1.54. The highest BCUT2D eigenvalue weighted by Crippen LogP contribution is 2.28. The summed E-state index contributed by atoms with van der Waals surface area (Å²) in [5.41, 5.74) is 1.53. The molecule has 0 aliphatic carbocycles. The predicted molar refractivity (Wildman–Crippen MR) is 86.1 cm³/mol. The van der Waals surface area contributed by atoms with E-state index in [0.717, 1.165) is 5.56 Å². The van der Waals surface area contributed by atoms with Crippen LogP contribution in [0.25, 0.3) is 0 Å². The van der Waals surface area contributed by atoms with Gasteiger partial charge in [-0.25, -0.2) is 0 Å². The maximum atomic E-state index is 12.7. The largest absolute Gasteiger partial charge is 0.373 e. The number of ketones is 2. The predicted octanol–water partition coefficient (Wildman–Crippen LogP) is 3.65. The summed E-state index contributed by atoms with van der Waals surface area (Å²) in [5.74, 6) is -0.341. The maximum Gasteiger partial charge on any atom is 0.192 e. The van der Waals surface area contributed by atoms with Crippen LogP contribution < -0.4 is 0 Å². The zero-order chi connectivity index (χ0) is 15.9. The van der Waals surface area contributed by atoms with Crippen molar-refractivity contribution in [2.45, 2.75) is 25.4 Å². The van der Waals surface area contributed by atoms with Crippen LogP contribution >= 0.6 is 0 Å². The van der Waals surface area contributed by atoms with E-state index in [1.807, 2.05) is 48.5 Å². The molecule has 0 saturated heterocycles. The van der Waals surface area contributed by atoms with Crippen molar-refractivity contribution in [2.24, 2.45) is 0 Å². The molecule has 2 rings (SSSR count). The second-order valence-electron chi connectivity index (χ2n) is 5.31. The molecule has 2 aromatic carbocycles. The number of rotatable bonds is 7. The molecule has 0 amide bonds. The van der Waals surface area contributed by atoms with Gasteiger partial charge in [0.2, 0.25) is 0 Å². The third-order valence-electron chi connectivity index (χ3n) is 3.67. The van der Waals surface area contributed by atoms with Gasteiger partial charge in [0.1, 0.15) is 11.9 Å². The van der Waals surface area contributed by atoms with Crippen LogP contribution in [0.5, 0.6) is 0 Å². The van der Waals surface area contributed by atoms with Gasteiger partial charge in [-0.1, -0.05) is 60.7 Å². The highest BCUT2D eigenvalue weighted by molar-refractivity contribution is 6.00. The zero-order valence-electron chi connectivity index (χ0n) is 12.9. The standard InChI is InChI=1S/C19H20O3/c1-14(20)13-17(15-9-5-3-6-10-15)19(22-2)18(21)16-11-7-4-8-12-16/h3-12,17,19H,13H2,1-2H3/t17-,19+/m1/s1. The van der Waals surface area contributed by atoms with Gasteiger partial charge in [0.05, 0.1) is 0 Å². The number of methoxy groups -OCH3 is 1. The maximum absolute atomic E-state index is 12.7. The Balaban J connectivity index is 2.35. The Kier molecular flexibility index (Phi) is 5.61. The molecule has 0 fully saturated rings. The lowest BCUT2D eigenvalue weighted by Gasteiger charge is -2.25. The fraction of sp³-hybridized carbons (Fsp3) is 0.263. The van der Waals surface area contributed by atoms with Crippen molar-refractivity contribution in [1.82, 2.24) is 0 Å². The van der Waals surface area contributed by atoms with Crippen LogP contribution in [0.2, 0.25) is 0 Å². The molecule has 0 spiro atoms. The molecule has 0 aliphatic rings. The minimum absolute atomic E-state index is 0.0387. The number of carbonyl (C=O) groups excluding carboxylic acids is 2. The molecular weight excluding hydrogens is 276 g/mol. The van der Waals surface area contributed by atoms with Gasteiger partial charge in [0, 0.05) is 25.0 Å². The molecule has 22 heavy (non-hydrogen) atoms. The van der Waals surface area contributed by atoms with Gasteiger partial charge in [-0.3, -0.25) is 4.79 Å². The minimum Gasteiger partial charge on any atom is -0.373 e. The molecule has 0 aliphatic heterocycles. The first kappa shape index (κ1) is 16.1. The monoisotopic (exact) mass is 296 g/mol. The topological polar surface area (TPSA) is 43.4 Å². The van der Waals surface area contributed by atoms with Gasteiger partial charge in [0.25, 0.3) is 0 Å². The molecule has 0 aromatic heterocycles. The average molecular weight is 296 g/mol. The quantitative estimate of drug-likeness (QED) is 0.733. The average Bonchev–Trinajstić information content (AvgIpc) is 2.55. The molecule has 0 bridgehead atoms. The smallest absolute Gasteiger partial charge is 0.192 e. The van der Waals surface area contributed by atoms with Crippen LogP contribution in [0.3, 0.4) is 0 Å². The van der Waals surface area contributed by atoms with E-state index >= 15 is 0 Å². The Labute approximate surface area is 130 Å². The summed E-state index contributed by atoms with van der Waals surface area (Å²) in [7, 11) is 1.52. The molecule has 0 radical (unpaired) electrons. The van der Waals surface area contributed by atoms with Gasteiger partial charge in [-0.05, 0) is 12.5 Å². The Morgan fingerprint density at radius 3 is 2.00 bits per heavy atom. The van der Waals surface area contributed by atoms with Crippen molar-refractivity contribution in [2.75, 3.05) is 7.11 Å². The van der Waals surface area contributed by atoms with Crippen molar-refractivity contribution >= 4 is 11.6 Å². The highest BCUT2D eigenvalue weighted by atomic mass is 16.5. The summed E-state index contributed by atoms with van der Waals surface area (Å²) in [6, 6.07) is 18.6. The number of carbonyl (C=O) groups is 2. The Morgan fingerprint density at radius 1 is 0.955 bits per heavy atom. The molecular formula is C19H20O3. The molecule has 2 aromatic rings. The molecule has 3 nitrogen and oxygen atoms in total. The minimum atomic E-state index is -0.673. The molecule has 0 saturated carbocycles. The molecule has 0 N–H and O–H groups in total. The van der Waals surface area contributed by atoms with Gasteiger partial charge in [0.15, 0.2) is 5.78 Å². The molecule has 0 heterocycles. The van der Waals surface area contributed by atoms with Gasteiger partial charge < -0.3 is 9.53 Å². The van der Waals surface area contributed by atoms with Crippen molar-refractivity contribution in [3.63, 3.8) is 0 Å². The van der Waals surface area contributed by atoms with Crippen molar-refractivity contribution in [3.8, 4) is 0 Å². The first-order valence-electron chi connectivity index (χ1n) is 7.30. The van der Waals surface area contributed by atoms with E-state index in [1.54, 1.807) is 12.1 Å². The highest BCUT2D eigenvalue weighted by Gasteiger charge is 2.31. The molecule has 2 atom stereocenters. The third kappa shape index (κ3) is 3.89. The fourth-order valence-electron chi connectivity index (χ4n) is 2.63. The molecule has 114 valence electrons. The van der Waals surface area contributed by atoms with Crippen molar-refractivity contribution in [1.29, 1.82) is 0 Å². The van der Waals surface area contributed by atoms with Crippen molar-refractivity contribution in [3.05, 3.63) is 71.8 Å². The Morgan fingerprint density at radius 2 is 1.50 bits per heavy atom. The Bertz CT molecular complexity index is 620. The number of benzene rings is 2. The fourth-order valence-corrected chi connectivity index (χ4v) is 2.63. The van der Waals surface area contributed by atoms with E-state index in [0.29, 0.717) is 5.56 Å². The normalized spacial score (nSPS) is 13.4. The van der Waals surface area contributed by atoms with E-state index < -0.39 is 6.10 Å². The zero-order valence-corrected chi connectivity index (χ0v) is 12.9. The van der Waals surface area contributed by atoms with E-state index in [2.05, 4.69) is 0 Å². The van der Waals surface area contributed by atoms with Crippen LogP contribution in [0.1, 0.15) is 35.2 Å². The number of hydrogen-bond acceptors (Lipinski definition) is 3. The van der Waals surface area contributed by atoms with Gasteiger partial charge >= 0.3 is 0 Å². The van der Waals surface area contributed by atoms with E-state index in [4.69, 9.17) is 4.74 Å². The van der Waals surface area contributed by atoms with Gasteiger partial charge in [-0.15, -0.1) is 0 Å². The van der Waals surface area contributed by atoms with Crippen LogP contribution in [0.15, 0.2) is 60.7 Å². The van der Waals surface area contributed by atoms with Crippen LogP contribution in [-0.4, -0.2) is 24.8 Å². The summed E-state index contributed by atoms with van der Waals surface area (Å²) in [5, 5.41) is 0. The van der Waals surface area contributed by atoms with Crippen LogP contribution in [0.4, 0.5) is 0 Å². The molecule has 0 unspecified atom stereocenters. The van der Waals surface area contributed by atoms with Crippen molar-refractivity contribution < 1.29 is 14.3 Å². The summed E-state index contributed by atoms with van der Waals surface area (Å²) < 4.78 is 5.48. The van der Waals surface area contributed by atoms with Crippen LogP contribution in [0, 0.1) is 0 Å². The summed E-state index contributed by atoms with van der Waals surface area (Å²) >= 11 is 0. The molecule has 3 heteroatoms. The lowest BCUT2D eigenvalue weighted by molar-refractivity contribution is -0.117. The second-order valence-corrected chi connectivity index (χ2v) is 5.31. The van der Waals surface area contributed by atoms with E-state index in [1.165, 1.54) is 14.0 Å². The lowest BCUT2D eigenvalue weighted by atomic mass is 9.85. The summed E-state index contributed by atoms with van der Waals surface area (Å²) in [6.07, 6.45) is -0.394. The van der Waals surface area contributed by atoms with Crippen LogP contribution in [-0.2, 0) is 9.53 Å². The van der Waals surface area contributed by atoms with E-state index in [9.17, 15) is 9.59 Å². The Hall–Kier alpha value is -2.26. The van der Waals surface area contributed by atoms with Gasteiger partial charge in [-0.2, -0.15) is 0 Å². The second kappa shape index (κ2) is 7.66. The SMILES string of the molecule is CO[C@H](C(=O)c1ccccc1)[C@H](CC(C)=O)c1ccccc1. The lowest BCUT2D eigenvalue weighted by Crippen LogP contribution is -2.31. The third-order valence-corrected chi connectivity index (χ3v) is 3.67. The number of hydrogen-bond donors (Lipinski definition) is 0. The number of Topliss-reactive ketones (excluding diaryl/α,β-unsaturated/α-hetero) is 2. The first-order valence-corrected chi connectivity index (χ1v) is 7.30. The first-order chi connectivity index (χ1) is 10.6. The summed E-state index contributed by atoms with van der Waals surface area (Å²) in [4.78, 5) is 24.4.